The van der Waals surface area contributed by atoms with Crippen LogP contribution in [0.1, 0.15) is 32.1 Å². The molecule has 6 heteroatoms. The van der Waals surface area contributed by atoms with Gasteiger partial charge in [0.15, 0.2) is 0 Å². The van der Waals surface area contributed by atoms with Crippen molar-refractivity contribution in [1.29, 1.82) is 0 Å². The predicted octanol–water partition coefficient (Wildman–Crippen LogP) is 0.581. The summed E-state index contributed by atoms with van der Waals surface area (Å²) in [6.45, 7) is 0.915. The molecule has 2 aliphatic carbocycles. The number of nitrogens with one attached hydrogen (secondary N) is 1. The Morgan fingerprint density at radius 3 is 3.00 bits per heavy atom. The Kier molecular flexibility index (Phi) is 4.00. The molecule has 1 aromatic rings. The first kappa shape index (κ1) is 13.5. The maximum Gasteiger partial charge on any atom is 0.220 e. The van der Waals surface area contributed by atoms with Gasteiger partial charge in [0.2, 0.25) is 5.91 Å². The first-order chi connectivity index (χ1) is 9.78. The average molecular weight is 278 g/mol. The molecule has 1 aromatic heterocycles. The van der Waals surface area contributed by atoms with Gasteiger partial charge >= 0.3 is 0 Å². The normalized spacial score (nSPS) is 31.6. The minimum atomic E-state index is 0.0983. The lowest BCUT2D eigenvalue weighted by atomic mass is 9.85. The number of aryl methyl sites for hydroxylation is 1. The van der Waals surface area contributed by atoms with Gasteiger partial charge < -0.3 is 10.4 Å². The molecule has 4 atom stereocenters. The third kappa shape index (κ3) is 2.70. The van der Waals surface area contributed by atoms with Crippen molar-refractivity contribution in [1.82, 2.24) is 20.1 Å². The van der Waals surface area contributed by atoms with Crippen LogP contribution in [0.2, 0.25) is 0 Å². The number of carbonyl (C=O) groups excluding carboxylic acids is 1. The summed E-state index contributed by atoms with van der Waals surface area (Å²) in [6, 6.07) is 0.192. The van der Waals surface area contributed by atoms with Gasteiger partial charge in [0, 0.05) is 31.5 Å². The number of aliphatic hydroxyl groups excluding tert-OH is 1. The summed E-state index contributed by atoms with van der Waals surface area (Å²) < 4.78 is 1.74. The SMILES string of the molecule is O=C(CCCn1cncn1)NC1C2CCC(C2)C1CO. The van der Waals surface area contributed by atoms with E-state index in [1.165, 1.54) is 25.6 Å². The number of nitrogens with zero attached hydrogens (tertiary/aromatic N) is 3. The van der Waals surface area contributed by atoms with E-state index in [0.717, 1.165) is 6.42 Å². The van der Waals surface area contributed by atoms with Gasteiger partial charge in [-0.2, -0.15) is 5.10 Å². The highest BCUT2D eigenvalue weighted by atomic mass is 16.3. The number of aromatic nitrogens is 3. The maximum absolute atomic E-state index is 12.0. The van der Waals surface area contributed by atoms with Gasteiger partial charge in [-0.25, -0.2) is 4.98 Å². The van der Waals surface area contributed by atoms with E-state index in [9.17, 15) is 9.90 Å². The average Bonchev–Trinajstić information content (AvgIpc) is 3.15. The third-order valence-electron chi connectivity index (χ3n) is 4.88. The number of fused-ring (bicyclic) bond motifs is 2. The third-order valence-corrected chi connectivity index (χ3v) is 4.88. The number of aliphatic hydroxyl groups is 1. The van der Waals surface area contributed by atoms with Crippen molar-refractivity contribution in [3.8, 4) is 0 Å². The van der Waals surface area contributed by atoms with Crippen LogP contribution in [0.25, 0.3) is 0 Å². The predicted molar refractivity (Wildman–Crippen MR) is 72.6 cm³/mol. The van der Waals surface area contributed by atoms with Crippen LogP contribution in [0.5, 0.6) is 0 Å². The Bertz CT molecular complexity index is 448. The Morgan fingerprint density at radius 2 is 2.25 bits per heavy atom. The number of hydrogen-bond acceptors (Lipinski definition) is 4. The highest BCUT2D eigenvalue weighted by Gasteiger charge is 2.47. The highest BCUT2D eigenvalue weighted by molar-refractivity contribution is 5.76. The van der Waals surface area contributed by atoms with Crippen LogP contribution < -0.4 is 5.32 Å². The lowest BCUT2D eigenvalue weighted by molar-refractivity contribution is -0.122. The van der Waals surface area contributed by atoms with Crippen LogP contribution in [-0.4, -0.2) is 38.4 Å². The summed E-state index contributed by atoms with van der Waals surface area (Å²) in [5.74, 6) is 1.57. The second-order valence-electron chi connectivity index (χ2n) is 6.04. The minimum absolute atomic E-state index is 0.0983. The van der Waals surface area contributed by atoms with E-state index in [1.54, 1.807) is 11.0 Å². The molecule has 3 rings (SSSR count). The van der Waals surface area contributed by atoms with Crippen LogP contribution in [0, 0.1) is 17.8 Å². The van der Waals surface area contributed by atoms with Crippen LogP contribution in [0.15, 0.2) is 12.7 Å². The van der Waals surface area contributed by atoms with Crippen LogP contribution in [-0.2, 0) is 11.3 Å². The zero-order chi connectivity index (χ0) is 13.9. The van der Waals surface area contributed by atoms with Gasteiger partial charge in [-0.15, -0.1) is 0 Å². The molecule has 2 saturated carbocycles. The van der Waals surface area contributed by atoms with Crippen LogP contribution in [0.4, 0.5) is 0 Å². The van der Waals surface area contributed by atoms with Crippen LogP contribution >= 0.6 is 0 Å². The van der Waals surface area contributed by atoms with E-state index in [-0.39, 0.29) is 24.5 Å². The highest BCUT2D eigenvalue weighted by Crippen LogP contribution is 2.48. The van der Waals surface area contributed by atoms with E-state index in [1.807, 2.05) is 0 Å². The summed E-state index contributed by atoms with van der Waals surface area (Å²) in [5, 5.41) is 16.7. The van der Waals surface area contributed by atoms with Crippen molar-refractivity contribution in [2.45, 2.75) is 44.7 Å². The maximum atomic E-state index is 12.0. The van der Waals surface area contributed by atoms with Gasteiger partial charge in [-0.1, -0.05) is 0 Å². The Morgan fingerprint density at radius 1 is 1.40 bits per heavy atom. The molecule has 2 bridgehead atoms. The quantitative estimate of drug-likeness (QED) is 0.798. The minimum Gasteiger partial charge on any atom is -0.396 e. The molecule has 110 valence electrons. The number of rotatable bonds is 6. The molecule has 2 fully saturated rings. The first-order valence-electron chi connectivity index (χ1n) is 7.50. The molecule has 6 nitrogen and oxygen atoms in total. The lowest BCUT2D eigenvalue weighted by Crippen LogP contribution is -2.45. The molecule has 0 aliphatic heterocycles. The molecule has 0 aromatic carbocycles. The smallest absolute Gasteiger partial charge is 0.220 e. The van der Waals surface area contributed by atoms with Gasteiger partial charge in [0.25, 0.3) is 0 Å². The van der Waals surface area contributed by atoms with Crippen molar-refractivity contribution in [3.63, 3.8) is 0 Å². The first-order valence-corrected chi connectivity index (χ1v) is 7.50. The second kappa shape index (κ2) is 5.91. The monoisotopic (exact) mass is 278 g/mol. The number of carbonyl (C=O) groups is 1. The molecule has 4 unspecified atom stereocenters. The van der Waals surface area contributed by atoms with E-state index < -0.39 is 0 Å². The fourth-order valence-corrected chi connectivity index (χ4v) is 3.91. The summed E-state index contributed by atoms with van der Waals surface area (Å²) in [7, 11) is 0. The van der Waals surface area contributed by atoms with E-state index in [0.29, 0.717) is 24.8 Å². The fourth-order valence-electron chi connectivity index (χ4n) is 3.91. The fraction of sp³-hybridized carbons (Fsp3) is 0.786. The standard InChI is InChI=1S/C14H22N4O2/c19-7-12-10-3-4-11(6-10)14(12)17-13(20)2-1-5-18-9-15-8-16-18/h8-12,14,19H,1-7H2,(H,17,20). The molecular weight excluding hydrogens is 256 g/mol. The van der Waals surface area contributed by atoms with Gasteiger partial charge in [0.1, 0.15) is 12.7 Å². The summed E-state index contributed by atoms with van der Waals surface area (Å²) >= 11 is 0. The van der Waals surface area contributed by atoms with Gasteiger partial charge in [0.05, 0.1) is 0 Å². The molecule has 20 heavy (non-hydrogen) atoms. The van der Waals surface area contributed by atoms with Gasteiger partial charge in [-0.3, -0.25) is 9.48 Å². The Labute approximate surface area is 118 Å². The molecule has 0 spiro atoms. The summed E-state index contributed by atoms with van der Waals surface area (Å²) in [5.41, 5.74) is 0. The Balaban J connectivity index is 1.44. The molecule has 2 N–H and O–H groups in total. The zero-order valence-electron chi connectivity index (χ0n) is 11.6. The van der Waals surface area contributed by atoms with Crippen molar-refractivity contribution < 1.29 is 9.90 Å². The largest absolute Gasteiger partial charge is 0.396 e. The molecule has 2 aliphatic rings. The topological polar surface area (TPSA) is 80.0 Å². The molecule has 0 saturated heterocycles. The second-order valence-corrected chi connectivity index (χ2v) is 6.04. The van der Waals surface area contributed by atoms with Crippen molar-refractivity contribution in [2.75, 3.05) is 6.61 Å². The number of hydrogen-bond donors (Lipinski definition) is 2. The zero-order valence-corrected chi connectivity index (χ0v) is 11.6. The van der Waals surface area contributed by atoms with E-state index in [4.69, 9.17) is 0 Å². The number of amides is 1. The van der Waals surface area contributed by atoms with Crippen molar-refractivity contribution >= 4 is 5.91 Å². The van der Waals surface area contributed by atoms with E-state index in [2.05, 4.69) is 15.4 Å². The van der Waals surface area contributed by atoms with Crippen molar-refractivity contribution in [3.05, 3.63) is 12.7 Å². The molecule has 0 radical (unpaired) electrons. The lowest BCUT2D eigenvalue weighted by Gasteiger charge is -2.30. The molecule has 1 heterocycles. The summed E-state index contributed by atoms with van der Waals surface area (Å²) in [4.78, 5) is 15.9. The van der Waals surface area contributed by atoms with Gasteiger partial charge in [-0.05, 0) is 37.5 Å². The Hall–Kier alpha value is -1.43. The van der Waals surface area contributed by atoms with Crippen LogP contribution in [0.3, 0.4) is 0 Å². The van der Waals surface area contributed by atoms with E-state index >= 15 is 0 Å². The summed E-state index contributed by atoms with van der Waals surface area (Å²) in [6.07, 6.45) is 8.03. The molecule has 1 amide bonds. The molecular formula is C14H22N4O2. The van der Waals surface area contributed by atoms with Crippen molar-refractivity contribution in [2.24, 2.45) is 17.8 Å².